The molecular formula is C11H18N4O2S2. The molecule has 0 saturated heterocycles. The van der Waals surface area contributed by atoms with E-state index < -0.39 is 10.8 Å². The Morgan fingerprint density at radius 2 is 2.32 bits per heavy atom. The Hall–Kier alpha value is -1.15. The lowest BCUT2D eigenvalue weighted by Crippen LogP contribution is -2.27. The maximum absolute atomic E-state index is 11.9. The first-order valence-corrected chi connectivity index (χ1v) is 8.56. The summed E-state index contributed by atoms with van der Waals surface area (Å²) in [5.41, 5.74) is 5.73. The van der Waals surface area contributed by atoms with Crippen molar-refractivity contribution in [2.45, 2.75) is 25.8 Å². The van der Waals surface area contributed by atoms with E-state index in [9.17, 15) is 9.00 Å². The van der Waals surface area contributed by atoms with Gasteiger partial charge < -0.3 is 16.4 Å². The molecular weight excluding hydrogens is 284 g/mol. The van der Waals surface area contributed by atoms with Gasteiger partial charge in [0.25, 0.3) is 5.91 Å². The number of hydrogen-bond acceptors (Lipinski definition) is 6. The van der Waals surface area contributed by atoms with Crippen molar-refractivity contribution in [3.63, 3.8) is 0 Å². The summed E-state index contributed by atoms with van der Waals surface area (Å²) in [6.07, 6.45) is 2.29. The minimum atomic E-state index is -0.870. The molecule has 1 saturated carbocycles. The molecule has 0 bridgehead atoms. The van der Waals surface area contributed by atoms with Crippen molar-refractivity contribution in [1.82, 2.24) is 10.3 Å². The van der Waals surface area contributed by atoms with Crippen molar-refractivity contribution in [3.05, 3.63) is 4.88 Å². The zero-order chi connectivity index (χ0) is 13.8. The van der Waals surface area contributed by atoms with Gasteiger partial charge in [-0.15, -0.1) is 0 Å². The van der Waals surface area contributed by atoms with Gasteiger partial charge in [0, 0.05) is 34.9 Å². The SMILES string of the molecule is CCS(=O)CCNC(=O)c1sc(NC2CC2)nc1N. The highest BCUT2D eigenvalue weighted by Crippen LogP contribution is 2.30. The largest absolute Gasteiger partial charge is 0.382 e. The zero-order valence-electron chi connectivity index (χ0n) is 10.8. The van der Waals surface area contributed by atoms with Crippen LogP contribution in [-0.4, -0.2) is 39.2 Å². The summed E-state index contributed by atoms with van der Waals surface area (Å²) in [5, 5.41) is 6.63. The van der Waals surface area contributed by atoms with Gasteiger partial charge in [-0.05, 0) is 12.8 Å². The van der Waals surface area contributed by atoms with Crippen LogP contribution in [-0.2, 0) is 10.8 Å². The van der Waals surface area contributed by atoms with Crippen LogP contribution in [0.25, 0.3) is 0 Å². The number of amides is 1. The van der Waals surface area contributed by atoms with E-state index in [-0.39, 0.29) is 11.7 Å². The van der Waals surface area contributed by atoms with Crippen molar-refractivity contribution in [3.8, 4) is 0 Å². The Labute approximate surface area is 118 Å². The minimum Gasteiger partial charge on any atom is -0.382 e. The molecule has 1 aromatic heterocycles. The monoisotopic (exact) mass is 302 g/mol. The fourth-order valence-electron chi connectivity index (χ4n) is 1.46. The third-order valence-electron chi connectivity index (χ3n) is 2.70. The second kappa shape index (κ2) is 6.33. The molecule has 1 unspecified atom stereocenters. The number of nitrogens with one attached hydrogen (secondary N) is 2. The molecule has 0 spiro atoms. The predicted molar refractivity (Wildman–Crippen MR) is 79.1 cm³/mol. The van der Waals surface area contributed by atoms with Crippen LogP contribution in [0.15, 0.2) is 0 Å². The van der Waals surface area contributed by atoms with E-state index in [0.717, 1.165) is 12.8 Å². The van der Waals surface area contributed by atoms with Gasteiger partial charge in [-0.3, -0.25) is 9.00 Å². The Kier molecular flexibility index (Phi) is 4.76. The highest BCUT2D eigenvalue weighted by Gasteiger charge is 2.24. The smallest absolute Gasteiger partial charge is 0.265 e. The van der Waals surface area contributed by atoms with Gasteiger partial charge >= 0.3 is 0 Å². The number of carbonyl (C=O) groups excluding carboxylic acids is 1. The van der Waals surface area contributed by atoms with Crippen LogP contribution in [0.4, 0.5) is 10.9 Å². The molecule has 106 valence electrons. The highest BCUT2D eigenvalue weighted by molar-refractivity contribution is 7.84. The Morgan fingerprint density at radius 1 is 1.58 bits per heavy atom. The summed E-state index contributed by atoms with van der Waals surface area (Å²) in [7, 11) is -0.870. The molecule has 6 nitrogen and oxygen atoms in total. The Balaban J connectivity index is 1.87. The van der Waals surface area contributed by atoms with Crippen LogP contribution in [0.2, 0.25) is 0 Å². The second-order valence-electron chi connectivity index (χ2n) is 4.34. The molecule has 2 rings (SSSR count). The van der Waals surface area contributed by atoms with E-state index in [1.807, 2.05) is 6.92 Å². The summed E-state index contributed by atoms with van der Waals surface area (Å²) in [4.78, 5) is 16.5. The van der Waals surface area contributed by atoms with Gasteiger partial charge in [-0.2, -0.15) is 0 Å². The van der Waals surface area contributed by atoms with Crippen LogP contribution in [0.5, 0.6) is 0 Å². The van der Waals surface area contributed by atoms with Gasteiger partial charge in [0.15, 0.2) is 5.13 Å². The lowest BCUT2D eigenvalue weighted by molar-refractivity contribution is 0.0961. The summed E-state index contributed by atoms with van der Waals surface area (Å²) in [6, 6.07) is 0.480. The second-order valence-corrected chi connectivity index (χ2v) is 7.20. The molecule has 1 amide bonds. The van der Waals surface area contributed by atoms with Crippen LogP contribution in [0, 0.1) is 0 Å². The fraction of sp³-hybridized carbons (Fsp3) is 0.636. The fourth-order valence-corrected chi connectivity index (χ4v) is 2.96. The van der Waals surface area contributed by atoms with Gasteiger partial charge in [0.05, 0.1) is 0 Å². The van der Waals surface area contributed by atoms with Crippen molar-refractivity contribution in [2.24, 2.45) is 0 Å². The molecule has 0 radical (unpaired) electrons. The molecule has 1 heterocycles. The average Bonchev–Trinajstić information content (AvgIpc) is 3.11. The molecule has 19 heavy (non-hydrogen) atoms. The van der Waals surface area contributed by atoms with Crippen molar-refractivity contribution in [2.75, 3.05) is 29.1 Å². The third-order valence-corrected chi connectivity index (χ3v) is 5.01. The van der Waals surface area contributed by atoms with Gasteiger partial charge in [-0.25, -0.2) is 4.98 Å². The van der Waals surface area contributed by atoms with E-state index in [2.05, 4.69) is 15.6 Å². The molecule has 0 aromatic carbocycles. The Morgan fingerprint density at radius 3 is 2.95 bits per heavy atom. The number of thiazole rings is 1. The maximum Gasteiger partial charge on any atom is 0.265 e. The number of carbonyl (C=O) groups is 1. The molecule has 1 atom stereocenters. The highest BCUT2D eigenvalue weighted by atomic mass is 32.2. The molecule has 4 N–H and O–H groups in total. The lowest BCUT2D eigenvalue weighted by Gasteiger charge is -2.02. The first-order chi connectivity index (χ1) is 9.10. The zero-order valence-corrected chi connectivity index (χ0v) is 12.4. The minimum absolute atomic E-state index is 0.244. The number of anilines is 2. The number of nitrogens with two attached hydrogens (primary N) is 1. The van der Waals surface area contributed by atoms with Gasteiger partial charge in [0.2, 0.25) is 0 Å². The van der Waals surface area contributed by atoms with E-state index >= 15 is 0 Å². The van der Waals surface area contributed by atoms with Crippen LogP contribution >= 0.6 is 11.3 Å². The van der Waals surface area contributed by atoms with Gasteiger partial charge in [0.1, 0.15) is 10.7 Å². The first-order valence-electron chi connectivity index (χ1n) is 6.26. The molecule has 1 fully saturated rings. The molecule has 8 heteroatoms. The molecule has 1 aliphatic rings. The van der Waals surface area contributed by atoms with E-state index in [1.165, 1.54) is 11.3 Å². The predicted octanol–water partition coefficient (Wildman–Crippen LogP) is 0.798. The first kappa shape index (κ1) is 14.3. The summed E-state index contributed by atoms with van der Waals surface area (Å²) in [5.74, 6) is 1.08. The third kappa shape index (κ3) is 4.17. The normalized spacial score (nSPS) is 16.1. The maximum atomic E-state index is 11.9. The standard InChI is InChI=1S/C11H18N4O2S2/c1-2-19(17)6-5-13-10(16)8-9(12)15-11(18-8)14-7-3-4-7/h7H,2-6,12H2,1H3,(H,13,16)(H,14,15). The molecule has 1 aromatic rings. The summed E-state index contributed by atoms with van der Waals surface area (Å²) >= 11 is 1.27. The van der Waals surface area contributed by atoms with Crippen LogP contribution in [0.3, 0.4) is 0 Å². The van der Waals surface area contributed by atoms with Crippen molar-refractivity contribution < 1.29 is 9.00 Å². The average molecular weight is 302 g/mol. The lowest BCUT2D eigenvalue weighted by atomic mass is 10.4. The summed E-state index contributed by atoms with van der Waals surface area (Å²) < 4.78 is 11.2. The number of aromatic nitrogens is 1. The number of nitrogen functional groups attached to an aromatic ring is 1. The molecule has 0 aliphatic heterocycles. The van der Waals surface area contributed by atoms with E-state index in [4.69, 9.17) is 5.73 Å². The van der Waals surface area contributed by atoms with Crippen molar-refractivity contribution >= 4 is 39.0 Å². The number of rotatable bonds is 7. The quantitative estimate of drug-likeness (QED) is 0.692. The van der Waals surface area contributed by atoms with Crippen LogP contribution < -0.4 is 16.4 Å². The van der Waals surface area contributed by atoms with Crippen LogP contribution in [0.1, 0.15) is 29.4 Å². The van der Waals surface area contributed by atoms with Gasteiger partial charge in [-0.1, -0.05) is 18.3 Å². The van der Waals surface area contributed by atoms with E-state index in [1.54, 1.807) is 0 Å². The number of nitrogens with zero attached hydrogens (tertiary/aromatic N) is 1. The number of hydrogen-bond donors (Lipinski definition) is 3. The summed E-state index contributed by atoms with van der Waals surface area (Å²) in [6.45, 7) is 2.25. The molecule has 1 aliphatic carbocycles. The topological polar surface area (TPSA) is 97.1 Å². The Bertz CT molecular complexity index is 485. The van der Waals surface area contributed by atoms with E-state index in [0.29, 0.717) is 34.1 Å². The van der Waals surface area contributed by atoms with Crippen molar-refractivity contribution in [1.29, 1.82) is 0 Å².